The van der Waals surface area contributed by atoms with Crippen molar-refractivity contribution in [2.45, 2.75) is 50.0 Å². The fraction of sp³-hybridized carbons (Fsp3) is 0.217. The molecule has 0 fully saturated rings. The number of Topliss-reactive ketones (excluding diaryl/α,β-unsaturated/α-hetero) is 2. The number of alkyl halides is 3. The first-order chi connectivity index (χ1) is 32.0. The number of nitrogens with zero attached hydrogens (tertiary/aromatic N) is 4. The second-order valence-corrected chi connectivity index (χ2v) is 16.3. The number of methoxy groups -OCH3 is 2. The van der Waals surface area contributed by atoms with Crippen LogP contribution in [0.25, 0.3) is 0 Å². The zero-order chi connectivity index (χ0) is 48.9. The summed E-state index contributed by atoms with van der Waals surface area (Å²) in [6.07, 6.45) is 0. The Bertz CT molecular complexity index is 2790. The zero-order valence-electron chi connectivity index (χ0n) is 36.3. The van der Waals surface area contributed by atoms with Gasteiger partial charge >= 0.3 is 0 Å². The first-order valence-corrected chi connectivity index (χ1v) is 22.1. The average molecular weight is 1010 g/mol. The second kappa shape index (κ2) is 23.8. The van der Waals surface area contributed by atoms with Crippen LogP contribution in [0, 0.1) is 0 Å². The third-order valence-electron chi connectivity index (χ3n) is 9.61. The first kappa shape index (κ1) is 51.6. The van der Waals surface area contributed by atoms with Crippen LogP contribution in [-0.2, 0) is 30.9 Å². The summed E-state index contributed by atoms with van der Waals surface area (Å²) >= 11 is 31.6. The standard InChI is InChI=1S/C46H41Cl5N8O8/c1-23(49)31-20-28(52-45(64)41(24(2)60)58-56-33-10-6-8-29(39(33)50)43(62)54-35-18-26(21-47)12-16-37(35)66-4)14-15-32(31)53-46(65)42(25(3)61)59-57-34-11-7-9-30(40(34)51)44(63)55-36-19-27(22-48)13-17-38(36)67-5/h6-20,23,41-42H,21-22H2,1-5H3,(H,52,64)(H,53,65)(H,54,62)(H,55,63). The Balaban J connectivity index is 1.29. The molecule has 67 heavy (non-hydrogen) atoms. The molecule has 3 atom stereocenters. The van der Waals surface area contributed by atoms with E-state index in [4.69, 9.17) is 67.5 Å². The third kappa shape index (κ3) is 13.1. The largest absolute Gasteiger partial charge is 0.495 e. The van der Waals surface area contributed by atoms with Crippen LogP contribution >= 0.6 is 58.0 Å². The van der Waals surface area contributed by atoms with Gasteiger partial charge in [0.1, 0.15) is 22.9 Å². The molecule has 16 nitrogen and oxygen atoms in total. The van der Waals surface area contributed by atoms with Gasteiger partial charge in [-0.3, -0.25) is 28.8 Å². The lowest BCUT2D eigenvalue weighted by atomic mass is 10.1. The number of ether oxygens (including phenoxy) is 2. The van der Waals surface area contributed by atoms with E-state index >= 15 is 0 Å². The summed E-state index contributed by atoms with van der Waals surface area (Å²) in [6, 6.07) is 19.9. The second-order valence-electron chi connectivity index (χ2n) is 14.4. The molecule has 0 bridgehead atoms. The van der Waals surface area contributed by atoms with Crippen molar-refractivity contribution in [3.63, 3.8) is 0 Å². The van der Waals surface area contributed by atoms with Gasteiger partial charge in [-0.15, -0.1) is 34.8 Å². The normalized spacial score (nSPS) is 12.5. The fourth-order valence-corrected chi connectivity index (χ4v) is 7.18. The van der Waals surface area contributed by atoms with E-state index in [9.17, 15) is 28.8 Å². The van der Waals surface area contributed by atoms with Crippen molar-refractivity contribution in [3.8, 4) is 11.5 Å². The fourth-order valence-electron chi connectivity index (χ4n) is 6.17. The summed E-state index contributed by atoms with van der Waals surface area (Å²) < 4.78 is 10.7. The maximum absolute atomic E-state index is 13.5. The monoisotopic (exact) mass is 1010 g/mol. The highest BCUT2D eigenvalue weighted by atomic mass is 35.5. The van der Waals surface area contributed by atoms with Crippen LogP contribution in [-0.4, -0.2) is 61.5 Å². The van der Waals surface area contributed by atoms with Crippen LogP contribution < -0.4 is 30.7 Å². The maximum atomic E-state index is 13.5. The summed E-state index contributed by atoms with van der Waals surface area (Å²) in [7, 11) is 2.90. The van der Waals surface area contributed by atoms with Gasteiger partial charge in [0, 0.05) is 23.1 Å². The van der Waals surface area contributed by atoms with Crippen LogP contribution in [0.4, 0.5) is 34.1 Å². The van der Waals surface area contributed by atoms with Gasteiger partial charge in [-0.1, -0.05) is 47.5 Å². The minimum absolute atomic E-state index is 0.000553. The smallest absolute Gasteiger partial charge is 0.258 e. The summed E-state index contributed by atoms with van der Waals surface area (Å²) in [6.45, 7) is 3.90. The number of ketones is 2. The Hall–Kier alpha value is -6.43. The number of amides is 4. The lowest BCUT2D eigenvalue weighted by Gasteiger charge is -2.17. The number of rotatable bonds is 19. The van der Waals surface area contributed by atoms with Crippen LogP contribution in [0.3, 0.4) is 0 Å². The van der Waals surface area contributed by atoms with Crippen molar-refractivity contribution in [1.29, 1.82) is 0 Å². The topological polar surface area (TPSA) is 218 Å². The molecule has 348 valence electrons. The highest BCUT2D eigenvalue weighted by Gasteiger charge is 2.27. The SMILES string of the molecule is COc1ccc(CCl)cc1NC(=O)c1cccc(N=NC(C(C)=O)C(=O)Nc2ccc(NC(=O)C(N=Nc3cccc(C(=O)Nc4cc(CCl)ccc4OC)c3Cl)C(C)=O)c(C(C)Cl)c2)c1Cl. The molecule has 0 heterocycles. The number of carbonyl (C=O) groups is 6. The van der Waals surface area contributed by atoms with Gasteiger partial charge < -0.3 is 30.7 Å². The number of nitrogens with one attached hydrogen (secondary N) is 4. The number of carbonyl (C=O) groups excluding carboxylic acids is 6. The number of azo groups is 2. The van der Waals surface area contributed by atoms with Crippen molar-refractivity contribution in [1.82, 2.24) is 0 Å². The molecule has 0 aliphatic rings. The van der Waals surface area contributed by atoms with Gasteiger partial charge in [-0.05, 0) is 104 Å². The van der Waals surface area contributed by atoms with E-state index in [0.29, 0.717) is 28.4 Å². The minimum Gasteiger partial charge on any atom is -0.495 e. The number of benzene rings is 5. The molecule has 0 saturated carbocycles. The minimum atomic E-state index is -1.66. The Labute approximate surface area is 409 Å². The third-order valence-corrected chi connectivity index (χ3v) is 11.3. The van der Waals surface area contributed by atoms with E-state index in [1.54, 1.807) is 43.3 Å². The summed E-state index contributed by atoms with van der Waals surface area (Å²) in [5.74, 6) is -3.09. The number of halogens is 5. The molecule has 5 aromatic carbocycles. The van der Waals surface area contributed by atoms with E-state index in [0.717, 1.165) is 25.0 Å². The number of hydrogen-bond acceptors (Lipinski definition) is 12. The molecule has 0 aromatic heterocycles. The lowest BCUT2D eigenvalue weighted by molar-refractivity contribution is -0.127. The molecule has 0 radical (unpaired) electrons. The molecule has 3 unspecified atom stereocenters. The molecular weight excluding hydrogens is 970 g/mol. The highest BCUT2D eigenvalue weighted by molar-refractivity contribution is 6.37. The molecule has 5 rings (SSSR count). The van der Waals surface area contributed by atoms with E-state index < -0.39 is 52.7 Å². The zero-order valence-corrected chi connectivity index (χ0v) is 40.0. The van der Waals surface area contributed by atoms with Crippen LogP contribution in [0.15, 0.2) is 111 Å². The van der Waals surface area contributed by atoms with E-state index in [1.807, 2.05) is 0 Å². The predicted octanol–water partition coefficient (Wildman–Crippen LogP) is 11.7. The molecule has 0 spiro atoms. The van der Waals surface area contributed by atoms with Gasteiger partial charge in [0.25, 0.3) is 23.6 Å². The summed E-state index contributed by atoms with van der Waals surface area (Å²) in [5, 5.41) is 25.8. The van der Waals surface area contributed by atoms with Crippen LogP contribution in [0.5, 0.6) is 11.5 Å². The van der Waals surface area contributed by atoms with Gasteiger partial charge in [0.05, 0.1) is 52.1 Å². The van der Waals surface area contributed by atoms with Crippen molar-refractivity contribution < 1.29 is 38.2 Å². The molecular formula is C46H41Cl5N8O8. The molecule has 4 N–H and O–H groups in total. The van der Waals surface area contributed by atoms with E-state index in [2.05, 4.69) is 41.7 Å². The van der Waals surface area contributed by atoms with Crippen molar-refractivity contribution in [3.05, 3.63) is 129 Å². The molecule has 0 aliphatic heterocycles. The summed E-state index contributed by atoms with van der Waals surface area (Å²) in [4.78, 5) is 79.0. The number of hydrogen-bond donors (Lipinski definition) is 4. The Morgan fingerprint density at radius 1 is 0.582 bits per heavy atom. The summed E-state index contributed by atoms with van der Waals surface area (Å²) in [5.41, 5.74) is 2.88. The van der Waals surface area contributed by atoms with Gasteiger partial charge in [0.2, 0.25) is 12.1 Å². The molecule has 0 aliphatic carbocycles. The van der Waals surface area contributed by atoms with Crippen LogP contribution in [0.2, 0.25) is 10.0 Å². The first-order valence-electron chi connectivity index (χ1n) is 19.9. The Kier molecular flexibility index (Phi) is 18.3. The van der Waals surface area contributed by atoms with Crippen molar-refractivity contribution in [2.24, 2.45) is 20.5 Å². The molecule has 5 aromatic rings. The highest BCUT2D eigenvalue weighted by Crippen LogP contribution is 2.35. The Morgan fingerprint density at radius 3 is 1.43 bits per heavy atom. The van der Waals surface area contributed by atoms with E-state index in [-0.39, 0.29) is 55.7 Å². The lowest BCUT2D eigenvalue weighted by Crippen LogP contribution is -2.32. The average Bonchev–Trinajstić information content (AvgIpc) is 3.30. The van der Waals surface area contributed by atoms with Crippen molar-refractivity contribution >= 4 is 127 Å². The van der Waals surface area contributed by atoms with Gasteiger partial charge in [-0.2, -0.15) is 20.5 Å². The molecule has 0 saturated heterocycles. The van der Waals surface area contributed by atoms with Gasteiger partial charge in [-0.25, -0.2) is 0 Å². The number of anilines is 4. The molecule has 4 amide bonds. The van der Waals surface area contributed by atoms with Gasteiger partial charge in [0.15, 0.2) is 11.6 Å². The van der Waals surface area contributed by atoms with Crippen molar-refractivity contribution in [2.75, 3.05) is 35.5 Å². The molecule has 21 heteroatoms. The maximum Gasteiger partial charge on any atom is 0.258 e. The van der Waals surface area contributed by atoms with Crippen LogP contribution in [0.1, 0.15) is 63.6 Å². The quantitative estimate of drug-likeness (QED) is 0.0353. The Morgan fingerprint density at radius 2 is 1.03 bits per heavy atom. The predicted molar refractivity (Wildman–Crippen MR) is 260 cm³/mol. The van der Waals surface area contributed by atoms with E-state index in [1.165, 1.54) is 68.8 Å².